The third kappa shape index (κ3) is 3.55. The standard InChI is InChI=1S/C13H20N4O2S/c1-8(14)12-16-10(7-20-12)13(19)17-4-2-9(3-5-17)6-11(15)18/h7-9H,2-6,14H2,1H3,(H2,15,18). The minimum absolute atomic E-state index is 0.0503. The molecule has 1 aliphatic heterocycles. The quantitative estimate of drug-likeness (QED) is 0.861. The van der Waals surface area contributed by atoms with E-state index in [1.54, 1.807) is 10.3 Å². The molecule has 1 atom stereocenters. The van der Waals surface area contributed by atoms with Gasteiger partial charge < -0.3 is 16.4 Å². The summed E-state index contributed by atoms with van der Waals surface area (Å²) in [6.07, 6.45) is 2.05. The molecule has 110 valence electrons. The predicted octanol–water partition coefficient (Wildman–Crippen LogP) is 0.890. The molecule has 0 saturated carbocycles. The number of amides is 2. The molecule has 0 bridgehead atoms. The first-order valence-corrected chi connectivity index (χ1v) is 7.64. The molecule has 7 heteroatoms. The molecule has 0 aromatic carbocycles. The van der Waals surface area contributed by atoms with E-state index in [0.29, 0.717) is 31.1 Å². The average Bonchev–Trinajstić information content (AvgIpc) is 2.88. The number of likely N-dealkylation sites (tertiary alicyclic amines) is 1. The van der Waals surface area contributed by atoms with Gasteiger partial charge in [-0.25, -0.2) is 4.98 Å². The fourth-order valence-electron chi connectivity index (χ4n) is 2.38. The minimum Gasteiger partial charge on any atom is -0.370 e. The second-order valence-corrected chi connectivity index (χ2v) is 6.16. The molecule has 0 aliphatic carbocycles. The van der Waals surface area contributed by atoms with Crippen molar-refractivity contribution in [2.24, 2.45) is 17.4 Å². The summed E-state index contributed by atoms with van der Waals surface area (Å²) < 4.78 is 0. The van der Waals surface area contributed by atoms with Crippen LogP contribution in [-0.4, -0.2) is 34.8 Å². The summed E-state index contributed by atoms with van der Waals surface area (Å²) >= 11 is 1.41. The van der Waals surface area contributed by atoms with Crippen LogP contribution in [0.25, 0.3) is 0 Å². The lowest BCUT2D eigenvalue weighted by molar-refractivity contribution is -0.119. The molecule has 1 aromatic heterocycles. The third-order valence-corrected chi connectivity index (χ3v) is 4.57. The molecular formula is C13H20N4O2S. The second kappa shape index (κ2) is 6.32. The fourth-order valence-corrected chi connectivity index (χ4v) is 3.13. The van der Waals surface area contributed by atoms with E-state index in [4.69, 9.17) is 11.5 Å². The molecule has 2 rings (SSSR count). The summed E-state index contributed by atoms with van der Waals surface area (Å²) in [5, 5.41) is 2.54. The van der Waals surface area contributed by atoms with Gasteiger partial charge in [0.25, 0.3) is 5.91 Å². The number of piperidine rings is 1. The summed E-state index contributed by atoms with van der Waals surface area (Å²) in [6.45, 7) is 3.16. The highest BCUT2D eigenvalue weighted by molar-refractivity contribution is 7.09. The molecule has 20 heavy (non-hydrogen) atoms. The van der Waals surface area contributed by atoms with Crippen molar-refractivity contribution in [3.8, 4) is 0 Å². The zero-order chi connectivity index (χ0) is 14.7. The number of rotatable bonds is 4. The van der Waals surface area contributed by atoms with Gasteiger partial charge in [-0.2, -0.15) is 0 Å². The normalized spacial score (nSPS) is 18.0. The van der Waals surface area contributed by atoms with Gasteiger partial charge in [-0.15, -0.1) is 11.3 Å². The first-order chi connectivity index (χ1) is 9.47. The van der Waals surface area contributed by atoms with Gasteiger partial charge in [-0.3, -0.25) is 9.59 Å². The molecule has 2 heterocycles. The molecular weight excluding hydrogens is 276 g/mol. The smallest absolute Gasteiger partial charge is 0.273 e. The summed E-state index contributed by atoms with van der Waals surface area (Å²) in [5.41, 5.74) is 11.4. The Hall–Kier alpha value is -1.47. The van der Waals surface area contributed by atoms with Crippen LogP contribution in [0.4, 0.5) is 0 Å². The number of primary amides is 1. The van der Waals surface area contributed by atoms with Gasteiger partial charge in [0.05, 0.1) is 6.04 Å². The van der Waals surface area contributed by atoms with E-state index < -0.39 is 0 Å². The lowest BCUT2D eigenvalue weighted by Crippen LogP contribution is -2.39. The Balaban J connectivity index is 1.92. The predicted molar refractivity (Wildman–Crippen MR) is 77.2 cm³/mol. The van der Waals surface area contributed by atoms with Crippen LogP contribution >= 0.6 is 11.3 Å². The number of aromatic nitrogens is 1. The van der Waals surface area contributed by atoms with Crippen LogP contribution < -0.4 is 11.5 Å². The van der Waals surface area contributed by atoms with Crippen LogP contribution in [0.5, 0.6) is 0 Å². The van der Waals surface area contributed by atoms with E-state index in [9.17, 15) is 9.59 Å². The average molecular weight is 296 g/mol. The van der Waals surface area contributed by atoms with Crippen molar-refractivity contribution in [1.29, 1.82) is 0 Å². The number of thiazole rings is 1. The van der Waals surface area contributed by atoms with Gasteiger partial charge in [0.2, 0.25) is 5.91 Å². The van der Waals surface area contributed by atoms with Gasteiger partial charge in [0, 0.05) is 24.9 Å². The first-order valence-electron chi connectivity index (χ1n) is 6.76. The van der Waals surface area contributed by atoms with Gasteiger partial charge >= 0.3 is 0 Å². The number of nitrogens with zero attached hydrogens (tertiary/aromatic N) is 2. The Kier molecular flexibility index (Phi) is 4.72. The molecule has 4 N–H and O–H groups in total. The van der Waals surface area contributed by atoms with E-state index in [-0.39, 0.29) is 17.9 Å². The summed E-state index contributed by atoms with van der Waals surface area (Å²) in [4.78, 5) is 29.3. The maximum Gasteiger partial charge on any atom is 0.273 e. The van der Waals surface area contributed by atoms with Gasteiger partial charge in [0.1, 0.15) is 10.7 Å². The monoisotopic (exact) mass is 296 g/mol. The van der Waals surface area contributed by atoms with Crippen molar-refractivity contribution < 1.29 is 9.59 Å². The van der Waals surface area contributed by atoms with Gasteiger partial charge in [0.15, 0.2) is 0 Å². The van der Waals surface area contributed by atoms with Crippen LogP contribution in [0.15, 0.2) is 5.38 Å². The number of hydrogen-bond donors (Lipinski definition) is 2. The van der Waals surface area contributed by atoms with Crippen LogP contribution in [0.2, 0.25) is 0 Å². The van der Waals surface area contributed by atoms with E-state index in [1.165, 1.54) is 11.3 Å². The van der Waals surface area contributed by atoms with E-state index in [1.807, 2.05) is 6.92 Å². The van der Waals surface area contributed by atoms with Crippen molar-refractivity contribution in [3.63, 3.8) is 0 Å². The lowest BCUT2D eigenvalue weighted by atomic mass is 9.93. The molecule has 1 aromatic rings. The molecule has 1 aliphatic rings. The molecule has 6 nitrogen and oxygen atoms in total. The third-order valence-electron chi connectivity index (χ3n) is 3.52. The van der Waals surface area contributed by atoms with Gasteiger partial charge in [-0.1, -0.05) is 0 Å². The van der Waals surface area contributed by atoms with E-state index in [2.05, 4.69) is 4.98 Å². The van der Waals surface area contributed by atoms with Crippen LogP contribution in [0.1, 0.15) is 47.7 Å². The Morgan fingerprint density at radius 2 is 2.15 bits per heavy atom. The number of hydrogen-bond acceptors (Lipinski definition) is 5. The Labute approximate surface area is 122 Å². The maximum atomic E-state index is 12.3. The van der Waals surface area contributed by atoms with Crippen molar-refractivity contribution >= 4 is 23.2 Å². The Bertz CT molecular complexity index is 492. The zero-order valence-electron chi connectivity index (χ0n) is 11.5. The topological polar surface area (TPSA) is 102 Å². The Morgan fingerprint density at radius 3 is 2.65 bits per heavy atom. The molecule has 1 unspecified atom stereocenters. The SMILES string of the molecule is CC(N)c1nc(C(=O)N2CCC(CC(N)=O)CC2)cs1. The molecule has 1 saturated heterocycles. The summed E-state index contributed by atoms with van der Waals surface area (Å²) in [7, 11) is 0. The lowest BCUT2D eigenvalue weighted by Gasteiger charge is -2.31. The Morgan fingerprint density at radius 1 is 1.50 bits per heavy atom. The highest BCUT2D eigenvalue weighted by Gasteiger charge is 2.26. The van der Waals surface area contributed by atoms with Crippen molar-refractivity contribution in [2.45, 2.75) is 32.2 Å². The molecule has 0 spiro atoms. The second-order valence-electron chi connectivity index (χ2n) is 5.27. The minimum atomic E-state index is -0.268. The molecule has 2 amide bonds. The first kappa shape index (κ1) is 14.9. The van der Waals surface area contributed by atoms with Crippen molar-refractivity contribution in [3.05, 3.63) is 16.1 Å². The number of nitrogens with two attached hydrogens (primary N) is 2. The highest BCUT2D eigenvalue weighted by atomic mass is 32.1. The fraction of sp³-hybridized carbons (Fsp3) is 0.615. The van der Waals surface area contributed by atoms with Gasteiger partial charge in [-0.05, 0) is 25.7 Å². The zero-order valence-corrected chi connectivity index (χ0v) is 12.4. The molecule has 0 radical (unpaired) electrons. The van der Waals surface area contributed by atoms with E-state index >= 15 is 0 Å². The van der Waals surface area contributed by atoms with Crippen LogP contribution in [0.3, 0.4) is 0 Å². The van der Waals surface area contributed by atoms with Crippen LogP contribution in [-0.2, 0) is 4.79 Å². The number of carbonyl (C=O) groups is 2. The molecule has 1 fully saturated rings. The van der Waals surface area contributed by atoms with E-state index in [0.717, 1.165) is 17.8 Å². The number of carbonyl (C=O) groups excluding carboxylic acids is 2. The summed E-state index contributed by atoms with van der Waals surface area (Å²) in [5.74, 6) is -0.0202. The van der Waals surface area contributed by atoms with Crippen LogP contribution in [0, 0.1) is 5.92 Å². The summed E-state index contributed by atoms with van der Waals surface area (Å²) in [6, 6.07) is -0.150. The maximum absolute atomic E-state index is 12.3. The highest BCUT2D eigenvalue weighted by Crippen LogP contribution is 2.23. The largest absolute Gasteiger partial charge is 0.370 e. The van der Waals surface area contributed by atoms with Crippen molar-refractivity contribution in [2.75, 3.05) is 13.1 Å². The van der Waals surface area contributed by atoms with Crippen molar-refractivity contribution in [1.82, 2.24) is 9.88 Å².